The van der Waals surface area contributed by atoms with Crippen molar-refractivity contribution < 1.29 is 22.6 Å². The molecule has 12 heteroatoms. The van der Waals surface area contributed by atoms with E-state index in [1.807, 2.05) is 6.92 Å². The van der Waals surface area contributed by atoms with E-state index in [1.165, 1.54) is 37.3 Å². The van der Waals surface area contributed by atoms with Gasteiger partial charge in [0.2, 0.25) is 5.95 Å². The van der Waals surface area contributed by atoms with E-state index in [0.29, 0.717) is 30.2 Å². The molecule has 4 aliphatic carbocycles. The largest absolute Gasteiger partial charge is 0.356 e. The molecule has 2 saturated carbocycles. The molecule has 7 aliphatic rings. The van der Waals surface area contributed by atoms with Crippen LogP contribution in [0, 0.1) is 34.5 Å². The number of hydrogen-bond acceptors (Lipinski definition) is 10. The fourth-order valence-corrected chi connectivity index (χ4v) is 12.1. The maximum absolute atomic E-state index is 14.4. The molecule has 6 atom stereocenters. The lowest BCUT2D eigenvalue weighted by atomic mass is 9.50. The first-order chi connectivity index (χ1) is 24.3. The van der Waals surface area contributed by atoms with E-state index < -0.39 is 21.3 Å². The smallest absolute Gasteiger partial charge is 0.268 e. The van der Waals surface area contributed by atoms with Gasteiger partial charge in [0.1, 0.15) is 11.6 Å². The van der Waals surface area contributed by atoms with Crippen molar-refractivity contribution in [2.24, 2.45) is 34.5 Å². The summed E-state index contributed by atoms with van der Waals surface area (Å²) >= 11 is 0. The highest BCUT2D eigenvalue weighted by Crippen LogP contribution is 2.66. The Morgan fingerprint density at radius 2 is 1.55 bits per heavy atom. The maximum atomic E-state index is 14.4. The zero-order chi connectivity index (χ0) is 35.7. The maximum Gasteiger partial charge on any atom is 0.268 e. The molecular formula is C39H54N6O5S. The number of nitrogens with zero attached hydrogens (tertiary/aromatic N) is 6. The Balaban J connectivity index is 0.965. The van der Waals surface area contributed by atoms with E-state index in [2.05, 4.69) is 45.6 Å². The summed E-state index contributed by atoms with van der Waals surface area (Å²) in [5, 5.41) is 0. The van der Waals surface area contributed by atoms with Gasteiger partial charge in [0, 0.05) is 69.8 Å². The van der Waals surface area contributed by atoms with Crippen LogP contribution in [0.1, 0.15) is 72.1 Å². The Kier molecular flexibility index (Phi) is 8.97. The molecule has 5 fully saturated rings. The summed E-state index contributed by atoms with van der Waals surface area (Å²) < 4.78 is 34.0. The number of Topliss-reactive ketones (excluding diaryl/α,β-unsaturated/α-hetero) is 1. The van der Waals surface area contributed by atoms with Gasteiger partial charge in [0.05, 0.1) is 12.3 Å². The number of hydrogen-bond donors (Lipinski definition) is 1. The van der Waals surface area contributed by atoms with Gasteiger partial charge in [-0.1, -0.05) is 31.1 Å². The molecule has 4 heterocycles. The van der Waals surface area contributed by atoms with Crippen LogP contribution in [0.15, 0.2) is 41.0 Å². The van der Waals surface area contributed by atoms with Crippen LogP contribution < -0.4 is 14.7 Å². The van der Waals surface area contributed by atoms with Crippen LogP contribution in [0.25, 0.3) is 0 Å². The molecule has 8 rings (SSSR count). The van der Waals surface area contributed by atoms with Crippen LogP contribution in [0.4, 0.5) is 17.6 Å². The van der Waals surface area contributed by atoms with Crippen molar-refractivity contribution in [2.45, 2.75) is 72.1 Å². The van der Waals surface area contributed by atoms with Crippen molar-refractivity contribution in [3.8, 4) is 0 Å². The molecule has 11 nitrogen and oxygen atoms in total. The van der Waals surface area contributed by atoms with E-state index >= 15 is 0 Å². The Bertz CT molecular complexity index is 1750. The van der Waals surface area contributed by atoms with Gasteiger partial charge in [0.15, 0.2) is 11.6 Å². The third-order valence-electron chi connectivity index (χ3n) is 13.9. The first-order valence-corrected chi connectivity index (χ1v) is 20.9. The number of ketones is 2. The molecule has 0 spiro atoms. The van der Waals surface area contributed by atoms with Crippen molar-refractivity contribution in [1.29, 1.82) is 0 Å². The van der Waals surface area contributed by atoms with E-state index in [4.69, 9.17) is 9.97 Å². The lowest BCUT2D eigenvalue weighted by molar-refractivity contribution is -0.129. The van der Waals surface area contributed by atoms with Crippen LogP contribution in [0.5, 0.6) is 0 Å². The van der Waals surface area contributed by atoms with Gasteiger partial charge in [0.25, 0.3) is 10.1 Å². The summed E-state index contributed by atoms with van der Waals surface area (Å²) in [7, 11) is -4.31. The molecule has 0 bridgehead atoms. The topological polar surface area (TPSA) is 127 Å². The number of allylic oxidation sites excluding steroid dienone is 5. The zero-order valence-corrected chi connectivity index (χ0v) is 31.3. The quantitative estimate of drug-likeness (QED) is 0.297. The predicted octanol–water partition coefficient (Wildman–Crippen LogP) is 4.72. The van der Waals surface area contributed by atoms with Gasteiger partial charge >= 0.3 is 0 Å². The molecule has 1 N–H and O–H groups in total. The number of aromatic nitrogens is 2. The molecule has 51 heavy (non-hydrogen) atoms. The van der Waals surface area contributed by atoms with Crippen LogP contribution in [0.2, 0.25) is 0 Å². The molecule has 3 saturated heterocycles. The average Bonchev–Trinajstić information content (AvgIpc) is 3.86. The normalized spacial score (nSPS) is 34.2. The first kappa shape index (κ1) is 35.0. The second-order valence-corrected chi connectivity index (χ2v) is 18.4. The zero-order valence-electron chi connectivity index (χ0n) is 30.5. The number of fused-ring (bicyclic) bond motifs is 5. The van der Waals surface area contributed by atoms with Crippen LogP contribution >= 0.6 is 0 Å². The van der Waals surface area contributed by atoms with E-state index in [1.54, 1.807) is 6.08 Å². The fourth-order valence-electron chi connectivity index (χ4n) is 11.4. The van der Waals surface area contributed by atoms with E-state index in [-0.39, 0.29) is 29.0 Å². The van der Waals surface area contributed by atoms with Crippen molar-refractivity contribution in [3.63, 3.8) is 0 Å². The Morgan fingerprint density at radius 1 is 0.922 bits per heavy atom. The van der Waals surface area contributed by atoms with Gasteiger partial charge in [-0.15, -0.1) is 0 Å². The van der Waals surface area contributed by atoms with Crippen LogP contribution in [0.3, 0.4) is 0 Å². The van der Waals surface area contributed by atoms with Crippen molar-refractivity contribution in [3.05, 3.63) is 41.0 Å². The van der Waals surface area contributed by atoms with Gasteiger partial charge in [-0.2, -0.15) is 18.4 Å². The minimum Gasteiger partial charge on any atom is -0.356 e. The third-order valence-corrected chi connectivity index (χ3v) is 14.6. The summed E-state index contributed by atoms with van der Waals surface area (Å²) in [6, 6.07) is 2.18. The molecule has 1 unspecified atom stereocenters. The number of anilines is 3. The molecule has 0 radical (unpaired) electrons. The lowest BCUT2D eigenvalue weighted by Crippen LogP contribution is -2.51. The third kappa shape index (κ3) is 6.26. The molecule has 1 aromatic rings. The van der Waals surface area contributed by atoms with Crippen molar-refractivity contribution >= 4 is 39.3 Å². The van der Waals surface area contributed by atoms with Crippen molar-refractivity contribution in [2.75, 3.05) is 79.4 Å². The minimum absolute atomic E-state index is 0.0447. The van der Waals surface area contributed by atoms with Gasteiger partial charge in [-0.05, 0) is 99.2 Å². The molecule has 1 aromatic heterocycles. The standard InChI is InChI=1S/C39H54N6O5S/c1-26-20-32-30-9-8-27-21-29(46)22-28(25-51(48,49)50)39(27,3)31(30)10-11-38(32,2)36(26)33(47)24-42-16-18-44(19-17-42)35-23-34(43-12-4-5-13-43)40-37(41-35)45-14-6-7-15-45/h10,21-23,26,30,32,36H,4-9,11-20,24-25H2,1-3H3,(H,48,49,50)/t26?,30-,32+,36-,38+,39-/m1/s1. The molecule has 276 valence electrons. The summed E-state index contributed by atoms with van der Waals surface area (Å²) in [5.74, 6) is 3.20. The highest BCUT2D eigenvalue weighted by Gasteiger charge is 2.60. The number of carbonyl (C=O) groups excluding carboxylic acids is 2. The van der Waals surface area contributed by atoms with Gasteiger partial charge < -0.3 is 14.7 Å². The molecule has 0 amide bonds. The fraction of sp³-hybridized carbons (Fsp3) is 0.692. The second-order valence-electron chi connectivity index (χ2n) is 16.9. The van der Waals surface area contributed by atoms with Gasteiger partial charge in [-0.3, -0.25) is 19.0 Å². The summed E-state index contributed by atoms with van der Waals surface area (Å²) in [6.07, 6.45) is 13.5. The molecule has 0 aromatic carbocycles. The minimum atomic E-state index is -4.31. The van der Waals surface area contributed by atoms with Crippen molar-refractivity contribution in [1.82, 2.24) is 14.9 Å². The highest BCUT2D eigenvalue weighted by molar-refractivity contribution is 7.86. The Morgan fingerprint density at radius 3 is 2.20 bits per heavy atom. The molecule has 3 aliphatic heterocycles. The number of rotatable bonds is 8. The monoisotopic (exact) mass is 718 g/mol. The predicted molar refractivity (Wildman–Crippen MR) is 199 cm³/mol. The van der Waals surface area contributed by atoms with Gasteiger partial charge in [-0.25, -0.2) is 0 Å². The van der Waals surface area contributed by atoms with Crippen LogP contribution in [-0.2, 0) is 19.7 Å². The number of carbonyl (C=O) groups is 2. The SMILES string of the molecule is CC1C[C@H]2[C@@H]3CCC4=CC(=O)C=C(CS(=O)(=O)O)[C@]4(C)C3=CC[C@]2(C)[C@H]1C(=O)CN1CCN(c2cc(N3CCCC3)nc(N3CCCC3)n2)CC1. The highest BCUT2D eigenvalue weighted by atomic mass is 32.2. The second kappa shape index (κ2) is 13.1. The summed E-state index contributed by atoms with van der Waals surface area (Å²) in [5.41, 5.74) is 1.70. The Hall–Kier alpha value is -3.09. The number of piperazine rings is 1. The lowest BCUT2D eigenvalue weighted by Gasteiger charge is -2.53. The summed E-state index contributed by atoms with van der Waals surface area (Å²) in [6.45, 7) is 14.5. The van der Waals surface area contributed by atoms with E-state index in [9.17, 15) is 22.6 Å². The summed E-state index contributed by atoms with van der Waals surface area (Å²) in [4.78, 5) is 46.5. The first-order valence-electron chi connectivity index (χ1n) is 19.3. The molecular weight excluding hydrogens is 665 g/mol. The van der Waals surface area contributed by atoms with E-state index in [0.717, 1.165) is 94.8 Å². The Labute approximate surface area is 303 Å². The average molecular weight is 719 g/mol. The van der Waals surface area contributed by atoms with Crippen LogP contribution in [-0.4, -0.2) is 104 Å².